The highest BCUT2D eigenvalue weighted by Gasteiger charge is 2.12. The SMILES string of the molecule is CC(=O)C(=O)c1ccccc1Br. The lowest BCUT2D eigenvalue weighted by Gasteiger charge is -1.98. The number of ketones is 2. The van der Waals surface area contributed by atoms with Gasteiger partial charge in [-0.1, -0.05) is 28.1 Å². The van der Waals surface area contributed by atoms with Crippen molar-refractivity contribution in [2.24, 2.45) is 0 Å². The smallest absolute Gasteiger partial charge is 0.229 e. The Morgan fingerprint density at radius 3 is 2.33 bits per heavy atom. The highest BCUT2D eigenvalue weighted by molar-refractivity contribution is 9.10. The zero-order valence-corrected chi connectivity index (χ0v) is 8.09. The molecule has 1 aromatic carbocycles. The van der Waals surface area contributed by atoms with Crippen LogP contribution in [0.5, 0.6) is 0 Å². The Morgan fingerprint density at radius 2 is 1.83 bits per heavy atom. The lowest BCUT2D eigenvalue weighted by atomic mass is 10.1. The standard InChI is InChI=1S/C9H7BrO2/c1-6(11)9(12)7-4-2-3-5-8(7)10/h2-5H,1H3. The van der Waals surface area contributed by atoms with Gasteiger partial charge in [0.15, 0.2) is 5.78 Å². The first-order valence-electron chi connectivity index (χ1n) is 3.42. The van der Waals surface area contributed by atoms with Crippen molar-refractivity contribution < 1.29 is 9.59 Å². The van der Waals surface area contributed by atoms with E-state index in [1.807, 2.05) is 0 Å². The van der Waals surface area contributed by atoms with E-state index in [1.54, 1.807) is 24.3 Å². The van der Waals surface area contributed by atoms with Crippen LogP contribution in [0.2, 0.25) is 0 Å². The minimum Gasteiger partial charge on any atom is -0.291 e. The van der Waals surface area contributed by atoms with E-state index in [2.05, 4.69) is 15.9 Å². The van der Waals surface area contributed by atoms with Crippen LogP contribution in [-0.4, -0.2) is 11.6 Å². The van der Waals surface area contributed by atoms with E-state index in [-0.39, 0.29) is 0 Å². The van der Waals surface area contributed by atoms with Crippen molar-refractivity contribution in [3.8, 4) is 0 Å². The summed E-state index contributed by atoms with van der Waals surface area (Å²) >= 11 is 3.19. The van der Waals surface area contributed by atoms with Gasteiger partial charge in [-0.15, -0.1) is 0 Å². The van der Waals surface area contributed by atoms with Crippen molar-refractivity contribution in [2.45, 2.75) is 6.92 Å². The average Bonchev–Trinajstić information content (AvgIpc) is 2.04. The van der Waals surface area contributed by atoms with Gasteiger partial charge in [0.05, 0.1) is 0 Å². The minimum atomic E-state index is -0.456. The molecule has 0 fully saturated rings. The predicted molar refractivity (Wildman–Crippen MR) is 49.2 cm³/mol. The lowest BCUT2D eigenvalue weighted by molar-refractivity contribution is -0.113. The fourth-order valence-electron chi connectivity index (χ4n) is 0.835. The zero-order chi connectivity index (χ0) is 9.14. The van der Waals surface area contributed by atoms with Crippen LogP contribution in [0.4, 0.5) is 0 Å². The molecule has 2 nitrogen and oxygen atoms in total. The number of hydrogen-bond acceptors (Lipinski definition) is 2. The quantitative estimate of drug-likeness (QED) is 0.573. The van der Waals surface area contributed by atoms with Crippen LogP contribution in [0.1, 0.15) is 17.3 Å². The Balaban J connectivity index is 3.11. The predicted octanol–water partition coefficient (Wildman–Crippen LogP) is 2.22. The summed E-state index contributed by atoms with van der Waals surface area (Å²) in [4.78, 5) is 21.9. The van der Waals surface area contributed by atoms with Crippen molar-refractivity contribution in [3.63, 3.8) is 0 Å². The van der Waals surface area contributed by atoms with Gasteiger partial charge in [-0.3, -0.25) is 9.59 Å². The Kier molecular flexibility index (Phi) is 2.76. The number of rotatable bonds is 2. The monoisotopic (exact) mass is 226 g/mol. The molecule has 0 unspecified atom stereocenters. The maximum absolute atomic E-state index is 11.2. The number of Topliss-reactive ketones (excluding diaryl/α,β-unsaturated/α-hetero) is 2. The van der Waals surface area contributed by atoms with Crippen molar-refractivity contribution in [3.05, 3.63) is 34.3 Å². The molecule has 62 valence electrons. The summed E-state index contributed by atoms with van der Waals surface area (Å²) in [6.07, 6.45) is 0. The van der Waals surface area contributed by atoms with Gasteiger partial charge in [0.1, 0.15) is 0 Å². The van der Waals surface area contributed by atoms with E-state index in [4.69, 9.17) is 0 Å². The first kappa shape index (κ1) is 9.13. The van der Waals surface area contributed by atoms with Crippen LogP contribution in [0.25, 0.3) is 0 Å². The Hall–Kier alpha value is -0.960. The number of hydrogen-bond donors (Lipinski definition) is 0. The second kappa shape index (κ2) is 3.63. The molecule has 0 aromatic heterocycles. The number of carbonyl (C=O) groups is 2. The molecule has 0 saturated carbocycles. The third-order valence-electron chi connectivity index (χ3n) is 1.44. The summed E-state index contributed by atoms with van der Waals surface area (Å²) in [6.45, 7) is 1.27. The molecule has 1 aromatic rings. The second-order valence-electron chi connectivity index (χ2n) is 2.37. The van der Waals surface area contributed by atoms with Crippen LogP contribution < -0.4 is 0 Å². The Bertz CT molecular complexity index is 331. The summed E-state index contributed by atoms with van der Waals surface area (Å²) in [5.74, 6) is -0.899. The summed E-state index contributed by atoms with van der Waals surface area (Å²) in [6, 6.07) is 6.87. The Labute approximate surface area is 78.7 Å². The van der Waals surface area contributed by atoms with E-state index in [0.29, 0.717) is 10.0 Å². The third-order valence-corrected chi connectivity index (χ3v) is 2.13. The molecule has 0 bridgehead atoms. The van der Waals surface area contributed by atoms with Crippen LogP contribution in [0, 0.1) is 0 Å². The Morgan fingerprint density at radius 1 is 1.25 bits per heavy atom. The summed E-state index contributed by atoms with van der Waals surface area (Å²) in [5.41, 5.74) is 0.421. The maximum atomic E-state index is 11.2. The summed E-state index contributed by atoms with van der Waals surface area (Å²) < 4.78 is 0.658. The minimum absolute atomic E-state index is 0.421. The highest BCUT2D eigenvalue weighted by Crippen LogP contribution is 2.16. The number of halogens is 1. The van der Waals surface area contributed by atoms with Crippen LogP contribution >= 0.6 is 15.9 Å². The third kappa shape index (κ3) is 1.80. The largest absolute Gasteiger partial charge is 0.291 e. The highest BCUT2D eigenvalue weighted by atomic mass is 79.9. The molecule has 0 aliphatic heterocycles. The average molecular weight is 227 g/mol. The van der Waals surface area contributed by atoms with Crippen LogP contribution in [0.15, 0.2) is 28.7 Å². The molecule has 3 heteroatoms. The van der Waals surface area contributed by atoms with Crippen LogP contribution in [0.3, 0.4) is 0 Å². The molecule has 12 heavy (non-hydrogen) atoms. The zero-order valence-electron chi connectivity index (χ0n) is 6.50. The van der Waals surface area contributed by atoms with Gasteiger partial charge in [-0.05, 0) is 12.1 Å². The van der Waals surface area contributed by atoms with Gasteiger partial charge in [0.25, 0.3) is 0 Å². The lowest BCUT2D eigenvalue weighted by Crippen LogP contribution is -2.09. The molecule has 0 radical (unpaired) electrons. The summed E-state index contributed by atoms with van der Waals surface area (Å²) in [7, 11) is 0. The molecule has 0 spiro atoms. The second-order valence-corrected chi connectivity index (χ2v) is 3.22. The molecular weight excluding hydrogens is 220 g/mol. The molecule has 0 atom stereocenters. The van der Waals surface area contributed by atoms with E-state index in [0.717, 1.165) is 0 Å². The summed E-state index contributed by atoms with van der Waals surface area (Å²) in [5, 5.41) is 0. The van der Waals surface area contributed by atoms with Crippen LogP contribution in [-0.2, 0) is 4.79 Å². The first-order valence-corrected chi connectivity index (χ1v) is 4.22. The van der Waals surface area contributed by atoms with Gasteiger partial charge in [-0.2, -0.15) is 0 Å². The van der Waals surface area contributed by atoms with E-state index in [1.165, 1.54) is 6.92 Å². The van der Waals surface area contributed by atoms with E-state index >= 15 is 0 Å². The molecule has 0 aliphatic rings. The normalized spacial score (nSPS) is 9.50. The maximum Gasteiger partial charge on any atom is 0.229 e. The van der Waals surface area contributed by atoms with E-state index in [9.17, 15) is 9.59 Å². The molecule has 0 amide bonds. The van der Waals surface area contributed by atoms with Gasteiger partial charge >= 0.3 is 0 Å². The van der Waals surface area contributed by atoms with E-state index < -0.39 is 11.6 Å². The van der Waals surface area contributed by atoms with Gasteiger partial charge in [0.2, 0.25) is 5.78 Å². The molecule has 0 aliphatic carbocycles. The van der Waals surface area contributed by atoms with Gasteiger partial charge < -0.3 is 0 Å². The first-order chi connectivity index (χ1) is 5.63. The fourth-order valence-corrected chi connectivity index (χ4v) is 1.30. The van der Waals surface area contributed by atoms with Crippen molar-refractivity contribution in [2.75, 3.05) is 0 Å². The van der Waals surface area contributed by atoms with Gasteiger partial charge in [0, 0.05) is 17.0 Å². The molecule has 0 saturated heterocycles. The molecule has 0 N–H and O–H groups in total. The molecule has 1 rings (SSSR count). The molecular formula is C9H7BrO2. The topological polar surface area (TPSA) is 34.1 Å². The van der Waals surface area contributed by atoms with Crippen molar-refractivity contribution >= 4 is 27.5 Å². The molecule has 0 heterocycles. The van der Waals surface area contributed by atoms with Crippen molar-refractivity contribution in [1.29, 1.82) is 0 Å². The fraction of sp³-hybridized carbons (Fsp3) is 0.111. The van der Waals surface area contributed by atoms with Crippen molar-refractivity contribution in [1.82, 2.24) is 0 Å². The number of benzene rings is 1. The number of carbonyl (C=O) groups excluding carboxylic acids is 2. The van der Waals surface area contributed by atoms with Gasteiger partial charge in [-0.25, -0.2) is 0 Å².